The molecule has 0 saturated carbocycles. The third-order valence-corrected chi connectivity index (χ3v) is 5.09. The zero-order valence-corrected chi connectivity index (χ0v) is 17.3. The largest absolute Gasteiger partial charge is 0.355 e. The number of fused-ring (bicyclic) bond motifs is 1. The van der Waals surface area contributed by atoms with Crippen LogP contribution >= 0.6 is 12.2 Å². The zero-order valence-electron chi connectivity index (χ0n) is 16.5. The molecule has 3 N–H and O–H groups in total. The van der Waals surface area contributed by atoms with Gasteiger partial charge in [0, 0.05) is 23.9 Å². The van der Waals surface area contributed by atoms with E-state index in [4.69, 9.17) is 12.2 Å². The SMILES string of the molecule is CNC(=O)c1ccc(NC(=O)c2ccc3c(=O)n(-c4ccccc4)c(=S)[nH]c3c2)cc1. The molecule has 4 rings (SSSR count). The van der Waals surface area contributed by atoms with Gasteiger partial charge in [-0.25, -0.2) is 0 Å². The van der Waals surface area contributed by atoms with Crippen molar-refractivity contribution in [3.8, 4) is 5.69 Å². The fraction of sp³-hybridized carbons (Fsp3) is 0.0435. The van der Waals surface area contributed by atoms with Crippen LogP contribution in [0.3, 0.4) is 0 Å². The van der Waals surface area contributed by atoms with E-state index in [1.54, 1.807) is 61.6 Å². The number of amides is 2. The quantitative estimate of drug-likeness (QED) is 0.431. The summed E-state index contributed by atoms with van der Waals surface area (Å²) in [6.45, 7) is 0. The summed E-state index contributed by atoms with van der Waals surface area (Å²) in [6.07, 6.45) is 0. The van der Waals surface area contributed by atoms with Gasteiger partial charge in [-0.3, -0.25) is 19.0 Å². The first-order valence-corrected chi connectivity index (χ1v) is 9.87. The first kappa shape index (κ1) is 20.2. The molecule has 154 valence electrons. The molecule has 0 radical (unpaired) electrons. The topological polar surface area (TPSA) is 96.0 Å². The van der Waals surface area contributed by atoms with Gasteiger partial charge in [-0.1, -0.05) is 18.2 Å². The van der Waals surface area contributed by atoms with Crippen molar-refractivity contribution in [2.24, 2.45) is 0 Å². The number of carbonyl (C=O) groups is 2. The Morgan fingerprint density at radius 2 is 1.58 bits per heavy atom. The van der Waals surface area contributed by atoms with Gasteiger partial charge in [0.25, 0.3) is 17.4 Å². The Bertz CT molecular complexity index is 1410. The van der Waals surface area contributed by atoms with Gasteiger partial charge in [-0.15, -0.1) is 0 Å². The van der Waals surface area contributed by atoms with Gasteiger partial charge in [0.1, 0.15) is 0 Å². The van der Waals surface area contributed by atoms with Crippen molar-refractivity contribution >= 4 is 40.6 Å². The first-order chi connectivity index (χ1) is 15.0. The van der Waals surface area contributed by atoms with Crippen LogP contribution in [-0.4, -0.2) is 28.4 Å². The summed E-state index contributed by atoms with van der Waals surface area (Å²) in [4.78, 5) is 40.3. The minimum absolute atomic E-state index is 0.205. The molecule has 0 spiro atoms. The van der Waals surface area contributed by atoms with Crippen molar-refractivity contribution in [1.82, 2.24) is 14.9 Å². The van der Waals surface area contributed by atoms with Crippen molar-refractivity contribution in [3.63, 3.8) is 0 Å². The molecule has 0 bridgehead atoms. The highest BCUT2D eigenvalue weighted by atomic mass is 32.1. The number of carbonyl (C=O) groups excluding carboxylic acids is 2. The summed E-state index contributed by atoms with van der Waals surface area (Å²) < 4.78 is 1.66. The predicted octanol–water partition coefficient (Wildman–Crippen LogP) is 3.66. The van der Waals surface area contributed by atoms with Crippen LogP contribution in [0.1, 0.15) is 20.7 Å². The fourth-order valence-corrected chi connectivity index (χ4v) is 3.52. The van der Waals surface area contributed by atoms with Gasteiger partial charge < -0.3 is 15.6 Å². The smallest absolute Gasteiger partial charge is 0.266 e. The number of hydrogen-bond donors (Lipinski definition) is 3. The maximum absolute atomic E-state index is 13.0. The van der Waals surface area contributed by atoms with E-state index < -0.39 is 0 Å². The third-order valence-electron chi connectivity index (χ3n) is 4.81. The first-order valence-electron chi connectivity index (χ1n) is 9.46. The molecule has 7 nitrogen and oxygen atoms in total. The molecule has 0 fully saturated rings. The van der Waals surface area contributed by atoms with Gasteiger partial charge in [-0.2, -0.15) is 0 Å². The van der Waals surface area contributed by atoms with Crippen molar-refractivity contribution in [3.05, 3.63) is 99.0 Å². The van der Waals surface area contributed by atoms with E-state index in [2.05, 4.69) is 15.6 Å². The number of hydrogen-bond acceptors (Lipinski definition) is 4. The standard InChI is InChI=1S/C23H18N4O3S/c1-24-20(28)14-7-10-16(11-8-14)25-21(29)15-9-12-18-19(13-15)26-23(31)27(22(18)30)17-5-3-2-4-6-17/h2-13H,1H3,(H,24,28)(H,25,29)(H,26,31). The molecule has 4 aromatic rings. The van der Waals surface area contributed by atoms with Crippen LogP contribution in [-0.2, 0) is 0 Å². The minimum atomic E-state index is -0.346. The summed E-state index contributed by atoms with van der Waals surface area (Å²) in [5.41, 5.74) is 2.29. The Labute approximate surface area is 182 Å². The van der Waals surface area contributed by atoms with Crippen LogP contribution in [0, 0.1) is 4.77 Å². The highest BCUT2D eigenvalue weighted by molar-refractivity contribution is 7.71. The van der Waals surface area contributed by atoms with Crippen molar-refractivity contribution in [2.75, 3.05) is 12.4 Å². The molecule has 3 aromatic carbocycles. The van der Waals surface area contributed by atoms with Gasteiger partial charge in [0.15, 0.2) is 4.77 Å². The van der Waals surface area contributed by atoms with Gasteiger partial charge in [0.05, 0.1) is 16.6 Å². The molecule has 0 saturated heterocycles. The number of nitrogens with one attached hydrogen (secondary N) is 3. The number of H-pyrrole nitrogens is 1. The zero-order chi connectivity index (χ0) is 22.0. The minimum Gasteiger partial charge on any atom is -0.355 e. The number of aromatic amines is 1. The summed E-state index contributed by atoms with van der Waals surface area (Å²) in [7, 11) is 1.55. The van der Waals surface area contributed by atoms with Crippen molar-refractivity contribution < 1.29 is 9.59 Å². The van der Waals surface area contributed by atoms with Gasteiger partial charge >= 0.3 is 0 Å². The van der Waals surface area contributed by atoms with Crippen LogP contribution in [0.5, 0.6) is 0 Å². The predicted molar refractivity (Wildman–Crippen MR) is 123 cm³/mol. The fourth-order valence-electron chi connectivity index (χ4n) is 3.22. The molecule has 0 aliphatic heterocycles. The second-order valence-corrected chi connectivity index (χ2v) is 7.16. The average molecular weight is 430 g/mol. The average Bonchev–Trinajstić information content (AvgIpc) is 2.79. The van der Waals surface area contributed by atoms with E-state index in [-0.39, 0.29) is 22.1 Å². The van der Waals surface area contributed by atoms with Crippen LogP contribution in [0.4, 0.5) is 5.69 Å². The molecule has 0 aliphatic carbocycles. The van der Waals surface area contributed by atoms with E-state index in [9.17, 15) is 14.4 Å². The highest BCUT2D eigenvalue weighted by Crippen LogP contribution is 2.16. The van der Waals surface area contributed by atoms with Gasteiger partial charge in [-0.05, 0) is 66.8 Å². The molecule has 0 aliphatic rings. The van der Waals surface area contributed by atoms with Crippen molar-refractivity contribution in [2.45, 2.75) is 0 Å². The Morgan fingerprint density at radius 3 is 2.26 bits per heavy atom. The lowest BCUT2D eigenvalue weighted by molar-refractivity contribution is 0.0962. The van der Waals surface area contributed by atoms with E-state index in [1.165, 1.54) is 4.57 Å². The Morgan fingerprint density at radius 1 is 0.903 bits per heavy atom. The lowest BCUT2D eigenvalue weighted by Crippen LogP contribution is -2.21. The molecular weight excluding hydrogens is 412 g/mol. The molecular formula is C23H18N4O3S. The molecule has 0 atom stereocenters. The van der Waals surface area contributed by atoms with E-state index in [0.29, 0.717) is 33.4 Å². The summed E-state index contributed by atoms with van der Waals surface area (Å²) >= 11 is 5.38. The lowest BCUT2D eigenvalue weighted by atomic mass is 10.1. The number of para-hydroxylation sites is 1. The summed E-state index contributed by atoms with van der Waals surface area (Å²) in [6, 6.07) is 20.4. The Kier molecular flexibility index (Phi) is 5.46. The Balaban J connectivity index is 1.65. The molecule has 8 heteroatoms. The van der Waals surface area contributed by atoms with Crippen LogP contribution < -0.4 is 16.2 Å². The third kappa shape index (κ3) is 4.01. The van der Waals surface area contributed by atoms with Crippen LogP contribution in [0.2, 0.25) is 0 Å². The van der Waals surface area contributed by atoms with E-state index >= 15 is 0 Å². The number of benzene rings is 3. The Hall–Kier alpha value is -4.04. The molecule has 2 amide bonds. The molecule has 1 aromatic heterocycles. The maximum atomic E-state index is 13.0. The molecule has 31 heavy (non-hydrogen) atoms. The van der Waals surface area contributed by atoms with Crippen molar-refractivity contribution in [1.29, 1.82) is 0 Å². The monoisotopic (exact) mass is 430 g/mol. The lowest BCUT2D eigenvalue weighted by Gasteiger charge is -2.10. The number of aromatic nitrogens is 2. The second kappa shape index (κ2) is 8.37. The number of rotatable bonds is 4. The number of anilines is 1. The van der Waals surface area contributed by atoms with Crippen LogP contribution in [0.15, 0.2) is 77.6 Å². The number of nitrogens with zero attached hydrogens (tertiary/aromatic N) is 1. The normalized spacial score (nSPS) is 10.6. The summed E-state index contributed by atoms with van der Waals surface area (Å²) in [5, 5.41) is 5.74. The molecule has 0 unspecified atom stereocenters. The van der Waals surface area contributed by atoms with E-state index in [0.717, 1.165) is 0 Å². The second-order valence-electron chi connectivity index (χ2n) is 6.78. The summed E-state index contributed by atoms with van der Waals surface area (Å²) in [5.74, 6) is -0.551. The van der Waals surface area contributed by atoms with Crippen LogP contribution in [0.25, 0.3) is 16.6 Å². The van der Waals surface area contributed by atoms with Gasteiger partial charge in [0.2, 0.25) is 0 Å². The molecule has 1 heterocycles. The maximum Gasteiger partial charge on any atom is 0.266 e. The highest BCUT2D eigenvalue weighted by Gasteiger charge is 2.12. The van der Waals surface area contributed by atoms with E-state index in [1.807, 2.05) is 18.2 Å².